The number of hydrogen-bond donors (Lipinski definition) is 2. The summed E-state index contributed by atoms with van der Waals surface area (Å²) in [6.07, 6.45) is 6.18. The van der Waals surface area contributed by atoms with Crippen LogP contribution in [0, 0.1) is 0 Å². The molecule has 0 spiro atoms. The Morgan fingerprint density at radius 2 is 2.16 bits per heavy atom. The van der Waals surface area contributed by atoms with Gasteiger partial charge in [0.25, 0.3) is 0 Å². The molecule has 138 valence electrons. The summed E-state index contributed by atoms with van der Waals surface area (Å²) < 4.78 is 2.24. The highest BCUT2D eigenvalue weighted by Gasteiger charge is 2.26. The van der Waals surface area contributed by atoms with Crippen LogP contribution in [0.15, 0.2) is 4.99 Å². The van der Waals surface area contributed by atoms with E-state index in [2.05, 4.69) is 30.4 Å². The van der Waals surface area contributed by atoms with Crippen LogP contribution in [-0.4, -0.2) is 57.7 Å². The summed E-state index contributed by atoms with van der Waals surface area (Å²) in [5.41, 5.74) is 0. The number of nitrogens with one attached hydrogen (secondary N) is 2. The third kappa shape index (κ3) is 4.29. The average molecular weight is 347 g/mol. The molecule has 2 N–H and O–H groups in total. The molecule has 1 unspecified atom stereocenters. The number of aryl methyl sites for hydroxylation is 1. The van der Waals surface area contributed by atoms with E-state index < -0.39 is 0 Å². The molecule has 8 heteroatoms. The van der Waals surface area contributed by atoms with Crippen LogP contribution in [0.2, 0.25) is 0 Å². The van der Waals surface area contributed by atoms with E-state index in [1.807, 2.05) is 11.8 Å². The summed E-state index contributed by atoms with van der Waals surface area (Å²) in [4.78, 5) is 18.0. The highest BCUT2D eigenvalue weighted by Crippen LogP contribution is 2.14. The van der Waals surface area contributed by atoms with Crippen molar-refractivity contribution in [2.75, 3.05) is 20.1 Å². The number of aliphatic imine (C=N–C) groups is 1. The molecule has 0 saturated carbocycles. The molecular weight excluding hydrogens is 318 g/mol. The molecule has 0 aromatic carbocycles. The Hall–Kier alpha value is -2.12. The molecular formula is C17H29N7O. The lowest BCUT2D eigenvalue weighted by molar-refractivity contribution is -0.129. The maximum Gasteiger partial charge on any atom is 0.222 e. The van der Waals surface area contributed by atoms with Gasteiger partial charge in [-0.25, -0.2) is 0 Å². The van der Waals surface area contributed by atoms with Gasteiger partial charge in [0, 0.05) is 45.6 Å². The van der Waals surface area contributed by atoms with Crippen molar-refractivity contribution in [2.45, 2.75) is 64.6 Å². The number of guanidine groups is 1. The molecule has 0 bridgehead atoms. The Morgan fingerprint density at radius 1 is 1.28 bits per heavy atom. The summed E-state index contributed by atoms with van der Waals surface area (Å²) in [6, 6.07) is 0.247. The molecule has 3 heterocycles. The molecule has 1 saturated heterocycles. The van der Waals surface area contributed by atoms with Crippen molar-refractivity contribution < 1.29 is 4.79 Å². The molecule has 1 aromatic heterocycles. The second kappa shape index (κ2) is 8.31. The van der Waals surface area contributed by atoms with E-state index in [1.54, 1.807) is 7.05 Å². The lowest BCUT2D eigenvalue weighted by Crippen LogP contribution is -2.45. The van der Waals surface area contributed by atoms with Crippen molar-refractivity contribution in [2.24, 2.45) is 4.99 Å². The maximum absolute atomic E-state index is 11.8. The molecule has 25 heavy (non-hydrogen) atoms. The third-order valence-corrected chi connectivity index (χ3v) is 5.01. The average Bonchev–Trinajstić information content (AvgIpc) is 3.18. The Labute approximate surface area is 149 Å². The highest BCUT2D eigenvalue weighted by molar-refractivity contribution is 5.80. The zero-order valence-corrected chi connectivity index (χ0v) is 15.3. The van der Waals surface area contributed by atoms with E-state index in [0.29, 0.717) is 13.0 Å². The number of rotatable bonds is 4. The van der Waals surface area contributed by atoms with E-state index in [1.165, 1.54) is 19.3 Å². The molecule has 2 aliphatic heterocycles. The Bertz CT molecular complexity index is 625. The summed E-state index contributed by atoms with van der Waals surface area (Å²) in [7, 11) is 1.77. The molecule has 0 aliphatic carbocycles. The first-order valence-electron chi connectivity index (χ1n) is 9.37. The van der Waals surface area contributed by atoms with E-state index >= 15 is 0 Å². The normalized spacial score (nSPS) is 21.0. The number of amides is 1. The van der Waals surface area contributed by atoms with Crippen LogP contribution >= 0.6 is 0 Å². The first-order valence-corrected chi connectivity index (χ1v) is 9.37. The van der Waals surface area contributed by atoms with Crippen LogP contribution in [0.1, 0.15) is 50.7 Å². The first-order chi connectivity index (χ1) is 12.2. The van der Waals surface area contributed by atoms with Gasteiger partial charge in [-0.3, -0.25) is 9.79 Å². The number of nitrogens with zero attached hydrogens (tertiary/aromatic N) is 5. The van der Waals surface area contributed by atoms with Crippen LogP contribution in [0.4, 0.5) is 0 Å². The lowest BCUT2D eigenvalue weighted by Gasteiger charge is -2.18. The number of carbonyl (C=O) groups is 1. The van der Waals surface area contributed by atoms with Gasteiger partial charge >= 0.3 is 0 Å². The smallest absolute Gasteiger partial charge is 0.222 e. The number of aromatic nitrogens is 3. The molecule has 3 rings (SSSR count). The van der Waals surface area contributed by atoms with Gasteiger partial charge in [0.1, 0.15) is 5.82 Å². The molecule has 1 aromatic rings. The highest BCUT2D eigenvalue weighted by atomic mass is 16.2. The number of likely N-dealkylation sites (tertiary alicyclic amines) is 1. The van der Waals surface area contributed by atoms with Crippen molar-refractivity contribution in [1.82, 2.24) is 30.3 Å². The first kappa shape index (κ1) is 17.7. The van der Waals surface area contributed by atoms with Gasteiger partial charge in [-0.05, 0) is 19.3 Å². The molecule has 1 atom stereocenters. The quantitative estimate of drug-likeness (QED) is 0.618. The van der Waals surface area contributed by atoms with Gasteiger partial charge in [-0.2, -0.15) is 0 Å². The SMILES string of the molecule is CCC(=O)N1CCC(NC(=NC)NCc2nnc3n2CCCCC3)C1. The van der Waals surface area contributed by atoms with Crippen LogP contribution in [-0.2, 0) is 24.3 Å². The fraction of sp³-hybridized carbons (Fsp3) is 0.765. The van der Waals surface area contributed by atoms with Crippen LogP contribution in [0.5, 0.6) is 0 Å². The Kier molecular flexibility index (Phi) is 5.88. The fourth-order valence-electron chi connectivity index (χ4n) is 3.56. The van der Waals surface area contributed by atoms with Crippen LogP contribution < -0.4 is 10.6 Å². The minimum atomic E-state index is 0.221. The standard InChI is InChI=1S/C17H29N7O/c1-3-16(25)23-10-8-13(12-23)20-17(18-2)19-11-15-22-21-14-7-5-4-6-9-24(14)15/h13H,3-12H2,1-2H3,(H2,18,19,20). The summed E-state index contributed by atoms with van der Waals surface area (Å²) >= 11 is 0. The lowest BCUT2D eigenvalue weighted by atomic mass is 10.2. The van der Waals surface area contributed by atoms with Crippen molar-refractivity contribution in [3.05, 3.63) is 11.6 Å². The molecule has 0 radical (unpaired) electrons. The minimum Gasteiger partial charge on any atom is -0.352 e. The molecule has 1 amide bonds. The second-order valence-electron chi connectivity index (χ2n) is 6.74. The second-order valence-corrected chi connectivity index (χ2v) is 6.74. The predicted molar refractivity (Wildman–Crippen MR) is 96.2 cm³/mol. The van der Waals surface area contributed by atoms with Gasteiger partial charge in [0.05, 0.1) is 6.54 Å². The van der Waals surface area contributed by atoms with Crippen molar-refractivity contribution >= 4 is 11.9 Å². The largest absolute Gasteiger partial charge is 0.352 e. The zero-order valence-electron chi connectivity index (χ0n) is 15.3. The molecule has 1 fully saturated rings. The monoisotopic (exact) mass is 347 g/mol. The van der Waals surface area contributed by atoms with Gasteiger partial charge in [0.15, 0.2) is 11.8 Å². The fourth-order valence-corrected chi connectivity index (χ4v) is 3.56. The van der Waals surface area contributed by atoms with E-state index in [-0.39, 0.29) is 11.9 Å². The molecule has 8 nitrogen and oxygen atoms in total. The Morgan fingerprint density at radius 3 is 2.96 bits per heavy atom. The van der Waals surface area contributed by atoms with E-state index in [9.17, 15) is 4.79 Å². The molecule has 2 aliphatic rings. The van der Waals surface area contributed by atoms with Crippen molar-refractivity contribution in [3.8, 4) is 0 Å². The van der Waals surface area contributed by atoms with Crippen LogP contribution in [0.3, 0.4) is 0 Å². The van der Waals surface area contributed by atoms with Crippen molar-refractivity contribution in [1.29, 1.82) is 0 Å². The van der Waals surface area contributed by atoms with Gasteiger partial charge in [0.2, 0.25) is 5.91 Å². The third-order valence-electron chi connectivity index (χ3n) is 5.01. The topological polar surface area (TPSA) is 87.4 Å². The number of carbonyl (C=O) groups excluding carboxylic acids is 1. The zero-order chi connectivity index (χ0) is 17.6. The summed E-state index contributed by atoms with van der Waals surface area (Å²) in [5, 5.41) is 15.4. The van der Waals surface area contributed by atoms with E-state index in [0.717, 1.165) is 50.1 Å². The predicted octanol–water partition coefficient (Wildman–Crippen LogP) is 0.680. The van der Waals surface area contributed by atoms with E-state index in [4.69, 9.17) is 0 Å². The summed E-state index contributed by atoms with van der Waals surface area (Å²) in [5.74, 6) is 3.04. The van der Waals surface area contributed by atoms with Gasteiger partial charge in [-0.15, -0.1) is 10.2 Å². The summed E-state index contributed by atoms with van der Waals surface area (Å²) in [6.45, 7) is 5.08. The van der Waals surface area contributed by atoms with Gasteiger partial charge < -0.3 is 20.1 Å². The maximum atomic E-state index is 11.8. The minimum absolute atomic E-state index is 0.221. The van der Waals surface area contributed by atoms with Gasteiger partial charge in [-0.1, -0.05) is 13.3 Å². The van der Waals surface area contributed by atoms with Crippen molar-refractivity contribution in [3.63, 3.8) is 0 Å². The number of fused-ring (bicyclic) bond motifs is 1. The Balaban J connectivity index is 1.52. The number of hydrogen-bond acceptors (Lipinski definition) is 4. The van der Waals surface area contributed by atoms with Crippen LogP contribution in [0.25, 0.3) is 0 Å².